The minimum atomic E-state index is -0.610. The molecule has 0 saturated heterocycles. The second-order valence-corrected chi connectivity index (χ2v) is 4.67. The van der Waals surface area contributed by atoms with Crippen LogP contribution < -0.4 is 15.8 Å². The molecule has 1 rings (SSSR count). The Hall–Kier alpha value is -1.11. The van der Waals surface area contributed by atoms with Crippen molar-refractivity contribution in [1.82, 2.24) is 11.0 Å². The molecule has 0 spiro atoms. The van der Waals surface area contributed by atoms with Gasteiger partial charge in [-0.15, -0.1) is 16.9 Å². The molecular weight excluding hydrogens is 216 g/mol. The Bertz CT molecular complexity index is 306. The molecule has 1 amide bonds. The third-order valence-corrected chi connectivity index (χ3v) is 1.94. The van der Waals surface area contributed by atoms with E-state index in [9.17, 15) is 4.79 Å². The zero-order valence-electron chi connectivity index (χ0n) is 8.87. The Balaban J connectivity index is 2.20. The molecule has 84 valence electrons. The number of hydrogen-bond donors (Lipinski definition) is 2. The van der Waals surface area contributed by atoms with Crippen molar-refractivity contribution < 1.29 is 14.4 Å². The van der Waals surface area contributed by atoms with Crippen molar-refractivity contribution >= 4 is 17.4 Å². The van der Waals surface area contributed by atoms with Crippen molar-refractivity contribution in [2.45, 2.75) is 26.4 Å². The van der Waals surface area contributed by atoms with Crippen LogP contribution in [0.5, 0.6) is 5.06 Å². The summed E-state index contributed by atoms with van der Waals surface area (Å²) in [6.07, 6.45) is -0.610. The SMILES string of the molecule is CC(C)(C)ONNC(=O)Oc1cccs1. The van der Waals surface area contributed by atoms with E-state index >= 15 is 0 Å². The number of carbonyl (C=O) groups is 1. The Morgan fingerprint density at radius 2 is 2.20 bits per heavy atom. The van der Waals surface area contributed by atoms with Gasteiger partial charge < -0.3 is 4.74 Å². The molecule has 0 saturated carbocycles. The minimum absolute atomic E-state index is 0.379. The molecule has 0 bridgehead atoms. The van der Waals surface area contributed by atoms with Gasteiger partial charge in [-0.2, -0.15) is 0 Å². The van der Waals surface area contributed by atoms with Gasteiger partial charge >= 0.3 is 6.09 Å². The molecule has 1 heterocycles. The first-order chi connectivity index (χ1) is 6.97. The van der Waals surface area contributed by atoms with Crippen molar-refractivity contribution in [3.8, 4) is 5.06 Å². The van der Waals surface area contributed by atoms with E-state index in [2.05, 4.69) is 11.0 Å². The zero-order valence-corrected chi connectivity index (χ0v) is 9.68. The molecule has 0 radical (unpaired) electrons. The van der Waals surface area contributed by atoms with Crippen LogP contribution in [0, 0.1) is 0 Å². The Kier molecular flexibility index (Phi) is 4.07. The van der Waals surface area contributed by atoms with E-state index in [0.717, 1.165) is 0 Å². The van der Waals surface area contributed by atoms with E-state index in [4.69, 9.17) is 9.57 Å². The number of carbonyl (C=O) groups excluding carboxylic acids is 1. The van der Waals surface area contributed by atoms with Gasteiger partial charge in [0.1, 0.15) is 0 Å². The highest BCUT2D eigenvalue weighted by molar-refractivity contribution is 7.11. The van der Waals surface area contributed by atoms with E-state index < -0.39 is 6.09 Å². The molecule has 0 aliphatic heterocycles. The van der Waals surface area contributed by atoms with Crippen LogP contribution in [0.4, 0.5) is 4.79 Å². The number of rotatable bonds is 3. The predicted molar refractivity (Wildman–Crippen MR) is 57.5 cm³/mol. The maximum absolute atomic E-state index is 11.1. The van der Waals surface area contributed by atoms with Crippen molar-refractivity contribution in [3.05, 3.63) is 17.5 Å². The standard InChI is InChI=1S/C9H14N2O3S/c1-9(2,3)14-11-10-8(12)13-7-5-4-6-15-7/h4-6,11H,1-3H3,(H,10,12). The highest BCUT2D eigenvalue weighted by Crippen LogP contribution is 2.17. The Morgan fingerprint density at radius 3 is 2.73 bits per heavy atom. The van der Waals surface area contributed by atoms with Gasteiger partial charge in [0.15, 0.2) is 5.06 Å². The van der Waals surface area contributed by atoms with E-state index in [1.165, 1.54) is 11.3 Å². The lowest BCUT2D eigenvalue weighted by Crippen LogP contribution is -2.43. The summed E-state index contributed by atoms with van der Waals surface area (Å²) in [4.78, 5) is 16.2. The van der Waals surface area contributed by atoms with Crippen molar-refractivity contribution in [2.24, 2.45) is 0 Å². The van der Waals surface area contributed by atoms with Crippen molar-refractivity contribution in [2.75, 3.05) is 0 Å². The van der Waals surface area contributed by atoms with Crippen LogP contribution in [0.15, 0.2) is 17.5 Å². The Morgan fingerprint density at radius 1 is 1.47 bits per heavy atom. The molecule has 1 aromatic heterocycles. The maximum Gasteiger partial charge on any atom is 0.429 e. The molecule has 6 heteroatoms. The van der Waals surface area contributed by atoms with E-state index in [1.54, 1.807) is 12.1 Å². The van der Waals surface area contributed by atoms with Crippen molar-refractivity contribution in [1.29, 1.82) is 0 Å². The van der Waals surface area contributed by atoms with Crippen LogP contribution in [0.25, 0.3) is 0 Å². The lowest BCUT2D eigenvalue weighted by atomic mass is 10.2. The lowest BCUT2D eigenvalue weighted by molar-refractivity contribution is -0.0880. The molecule has 0 fully saturated rings. The quantitative estimate of drug-likeness (QED) is 0.780. The molecular formula is C9H14N2O3S. The maximum atomic E-state index is 11.1. The zero-order chi connectivity index (χ0) is 11.3. The van der Waals surface area contributed by atoms with Gasteiger partial charge in [0, 0.05) is 0 Å². The van der Waals surface area contributed by atoms with Crippen molar-refractivity contribution in [3.63, 3.8) is 0 Å². The molecule has 0 aliphatic rings. The third-order valence-electron chi connectivity index (χ3n) is 1.20. The second-order valence-electron chi connectivity index (χ2n) is 3.76. The summed E-state index contributed by atoms with van der Waals surface area (Å²) in [5, 5.41) is 2.35. The second kappa shape index (κ2) is 5.11. The number of amides is 1. The van der Waals surface area contributed by atoms with Gasteiger partial charge in [0.05, 0.1) is 5.60 Å². The van der Waals surface area contributed by atoms with E-state index in [1.807, 2.05) is 26.2 Å². The van der Waals surface area contributed by atoms with Crippen LogP contribution >= 0.6 is 11.3 Å². The third kappa shape index (κ3) is 5.36. The van der Waals surface area contributed by atoms with E-state index in [-0.39, 0.29) is 5.60 Å². The van der Waals surface area contributed by atoms with Crippen LogP contribution in [0.3, 0.4) is 0 Å². The number of thiophene rings is 1. The summed E-state index contributed by atoms with van der Waals surface area (Å²) < 4.78 is 4.90. The topological polar surface area (TPSA) is 59.6 Å². The van der Waals surface area contributed by atoms with Crippen LogP contribution in [-0.4, -0.2) is 11.7 Å². The lowest BCUT2D eigenvalue weighted by Gasteiger charge is -2.18. The Labute approximate surface area is 92.3 Å². The fourth-order valence-electron chi connectivity index (χ4n) is 0.659. The smallest absolute Gasteiger partial charge is 0.398 e. The molecule has 5 nitrogen and oxygen atoms in total. The average molecular weight is 230 g/mol. The number of nitrogens with one attached hydrogen (secondary N) is 2. The van der Waals surface area contributed by atoms with Gasteiger partial charge in [-0.05, 0) is 38.3 Å². The van der Waals surface area contributed by atoms with Gasteiger partial charge in [-0.25, -0.2) is 10.2 Å². The van der Waals surface area contributed by atoms with Gasteiger partial charge in [0.2, 0.25) is 0 Å². The summed E-state index contributed by atoms with van der Waals surface area (Å²) in [6, 6.07) is 3.50. The first-order valence-corrected chi connectivity index (χ1v) is 5.30. The molecule has 0 aliphatic carbocycles. The van der Waals surface area contributed by atoms with E-state index in [0.29, 0.717) is 5.06 Å². The first-order valence-electron chi connectivity index (χ1n) is 4.42. The summed E-state index contributed by atoms with van der Waals surface area (Å²) in [5.41, 5.74) is 4.19. The molecule has 0 atom stereocenters. The number of ether oxygens (including phenoxy) is 1. The summed E-state index contributed by atoms with van der Waals surface area (Å²) >= 11 is 1.34. The molecule has 15 heavy (non-hydrogen) atoms. The first kappa shape index (κ1) is 12.0. The average Bonchev–Trinajstić information content (AvgIpc) is 2.54. The molecule has 1 aromatic rings. The highest BCUT2D eigenvalue weighted by Gasteiger charge is 2.11. The molecule has 2 N–H and O–H groups in total. The number of hydrazine groups is 1. The van der Waals surface area contributed by atoms with Gasteiger partial charge in [-0.3, -0.25) is 4.84 Å². The largest absolute Gasteiger partial charge is 0.429 e. The normalized spacial score (nSPS) is 11.1. The van der Waals surface area contributed by atoms with Gasteiger partial charge in [0.25, 0.3) is 0 Å². The monoisotopic (exact) mass is 230 g/mol. The summed E-state index contributed by atoms with van der Waals surface area (Å²) in [5.74, 6) is 0. The fourth-order valence-corrected chi connectivity index (χ4v) is 1.23. The predicted octanol–water partition coefficient (Wildman–Crippen LogP) is 2.07. The van der Waals surface area contributed by atoms with Crippen LogP contribution in [-0.2, 0) is 4.84 Å². The highest BCUT2D eigenvalue weighted by atomic mass is 32.1. The van der Waals surface area contributed by atoms with Crippen LogP contribution in [0.1, 0.15) is 20.8 Å². The number of hydrogen-bond acceptors (Lipinski definition) is 5. The molecule has 0 aromatic carbocycles. The van der Waals surface area contributed by atoms with Crippen LogP contribution in [0.2, 0.25) is 0 Å². The van der Waals surface area contributed by atoms with Gasteiger partial charge in [-0.1, -0.05) is 0 Å². The fraction of sp³-hybridized carbons (Fsp3) is 0.444. The minimum Gasteiger partial charge on any atom is -0.398 e. The summed E-state index contributed by atoms with van der Waals surface area (Å²) in [6.45, 7) is 5.56. The molecule has 0 unspecified atom stereocenters. The summed E-state index contributed by atoms with van der Waals surface area (Å²) in [7, 11) is 0.